The van der Waals surface area contributed by atoms with Gasteiger partial charge in [-0.1, -0.05) is 0 Å². The molecule has 0 aliphatic carbocycles. The fourth-order valence-electron chi connectivity index (χ4n) is 1.44. The van der Waals surface area contributed by atoms with Crippen molar-refractivity contribution in [2.24, 2.45) is 5.73 Å². The molecule has 0 saturated carbocycles. The third-order valence-electron chi connectivity index (χ3n) is 2.08. The van der Waals surface area contributed by atoms with E-state index >= 15 is 0 Å². The van der Waals surface area contributed by atoms with Crippen molar-refractivity contribution in [2.45, 2.75) is 11.8 Å². The van der Waals surface area contributed by atoms with Crippen molar-refractivity contribution >= 4 is 23.6 Å². The molecule has 2 heterocycles. The van der Waals surface area contributed by atoms with E-state index < -0.39 is 5.97 Å². The van der Waals surface area contributed by atoms with E-state index in [-0.39, 0.29) is 22.7 Å². The molecule has 2 rings (SSSR count). The van der Waals surface area contributed by atoms with E-state index in [1.165, 1.54) is 16.7 Å². The predicted molar refractivity (Wildman–Crippen MR) is 46.6 cm³/mol. The number of fused-ring (bicyclic) bond motifs is 1. The van der Waals surface area contributed by atoms with Crippen LogP contribution in [0, 0.1) is 0 Å². The molecule has 1 saturated heterocycles. The summed E-state index contributed by atoms with van der Waals surface area (Å²) < 4.78 is 0. The summed E-state index contributed by atoms with van der Waals surface area (Å²) in [6, 6.07) is 0. The summed E-state index contributed by atoms with van der Waals surface area (Å²) in [5, 5.41) is 8.80. The average Bonchev–Trinajstić information content (AvgIpc) is 2.05. The summed E-state index contributed by atoms with van der Waals surface area (Å²) in [4.78, 5) is 23.1. The first kappa shape index (κ1) is 8.43. The molecule has 2 aliphatic heterocycles. The molecule has 13 heavy (non-hydrogen) atoms. The number of hydrogen-bond donors (Lipinski definition) is 2. The van der Waals surface area contributed by atoms with Crippen LogP contribution in [0.1, 0.15) is 6.42 Å². The molecule has 0 aromatic rings. The smallest absolute Gasteiger partial charge is 0.354 e. The van der Waals surface area contributed by atoms with Gasteiger partial charge in [0.2, 0.25) is 5.91 Å². The lowest BCUT2D eigenvalue weighted by Gasteiger charge is -2.43. The van der Waals surface area contributed by atoms with E-state index in [2.05, 4.69) is 0 Å². The summed E-state index contributed by atoms with van der Waals surface area (Å²) in [5.74, 6) is -0.774. The maximum Gasteiger partial charge on any atom is 0.354 e. The van der Waals surface area contributed by atoms with Gasteiger partial charge in [-0.25, -0.2) is 4.79 Å². The number of carbonyl (C=O) groups is 2. The van der Waals surface area contributed by atoms with Gasteiger partial charge in [-0.2, -0.15) is 0 Å². The van der Waals surface area contributed by atoms with Crippen LogP contribution in [0.2, 0.25) is 0 Å². The average molecular weight is 200 g/mol. The van der Waals surface area contributed by atoms with Crippen molar-refractivity contribution in [2.75, 3.05) is 5.75 Å². The van der Waals surface area contributed by atoms with Gasteiger partial charge in [0.05, 0.1) is 11.8 Å². The summed E-state index contributed by atoms with van der Waals surface area (Å²) in [6.07, 6.45) is 0.425. The molecular formula is C7H8N2O3S. The van der Waals surface area contributed by atoms with Gasteiger partial charge in [-0.15, -0.1) is 11.8 Å². The maximum absolute atomic E-state index is 11.1. The van der Waals surface area contributed by atoms with Gasteiger partial charge in [0.15, 0.2) is 5.70 Å². The predicted octanol–water partition coefficient (Wildman–Crippen LogP) is -0.453. The number of thioether (sulfide) groups is 1. The van der Waals surface area contributed by atoms with Crippen molar-refractivity contribution in [1.82, 2.24) is 4.90 Å². The summed E-state index contributed by atoms with van der Waals surface area (Å²) in [6.45, 7) is 0. The Kier molecular flexibility index (Phi) is 1.73. The van der Waals surface area contributed by atoms with Gasteiger partial charge >= 0.3 is 5.97 Å². The molecule has 0 unspecified atom stereocenters. The molecule has 1 amide bonds. The Morgan fingerprint density at radius 2 is 2.38 bits per heavy atom. The molecule has 6 heteroatoms. The largest absolute Gasteiger partial charge is 0.477 e. The number of amides is 1. The number of rotatable bonds is 1. The zero-order valence-electron chi connectivity index (χ0n) is 6.69. The third-order valence-corrected chi connectivity index (χ3v) is 3.32. The van der Waals surface area contributed by atoms with E-state index in [1.807, 2.05) is 0 Å². The number of carboxylic acid groups (broad SMARTS) is 1. The lowest BCUT2D eigenvalue weighted by atomic mass is 10.1. The van der Waals surface area contributed by atoms with Crippen LogP contribution in [0.4, 0.5) is 0 Å². The Bertz CT molecular complexity index is 326. The first-order chi connectivity index (χ1) is 6.11. The van der Waals surface area contributed by atoms with Gasteiger partial charge in [-0.3, -0.25) is 9.69 Å². The highest BCUT2D eigenvalue weighted by molar-refractivity contribution is 8.00. The maximum atomic E-state index is 11.1. The molecule has 70 valence electrons. The van der Waals surface area contributed by atoms with Crippen LogP contribution in [-0.2, 0) is 9.59 Å². The topological polar surface area (TPSA) is 83.6 Å². The van der Waals surface area contributed by atoms with E-state index in [0.29, 0.717) is 12.2 Å². The molecule has 1 atom stereocenters. The first-order valence-corrected chi connectivity index (χ1v) is 4.81. The highest BCUT2D eigenvalue weighted by atomic mass is 32.2. The third kappa shape index (κ3) is 1.09. The normalized spacial score (nSPS) is 26.9. The zero-order chi connectivity index (χ0) is 9.59. The molecule has 0 spiro atoms. The second-order valence-electron chi connectivity index (χ2n) is 2.91. The number of hydrogen-bond acceptors (Lipinski definition) is 4. The molecule has 0 aromatic heterocycles. The number of carboxylic acids is 1. The van der Waals surface area contributed by atoms with Gasteiger partial charge in [-0.05, 0) is 0 Å². The number of nitrogens with zero attached hydrogens (tertiary/aromatic N) is 1. The number of aliphatic carboxylic acids is 1. The molecule has 3 N–H and O–H groups in total. The zero-order valence-corrected chi connectivity index (χ0v) is 7.50. The second-order valence-corrected chi connectivity index (χ2v) is 4.08. The molecule has 2 aliphatic rings. The van der Waals surface area contributed by atoms with Crippen molar-refractivity contribution in [3.05, 3.63) is 11.4 Å². The van der Waals surface area contributed by atoms with E-state index in [1.54, 1.807) is 0 Å². The number of nitrogens with two attached hydrogens (primary N) is 1. The Labute approximate surface area is 78.6 Å². The quantitative estimate of drug-likeness (QED) is 0.560. The van der Waals surface area contributed by atoms with Gasteiger partial charge in [0.1, 0.15) is 0 Å². The molecule has 1 fully saturated rings. The van der Waals surface area contributed by atoms with Crippen molar-refractivity contribution in [3.8, 4) is 0 Å². The van der Waals surface area contributed by atoms with Crippen LogP contribution >= 0.6 is 11.8 Å². The molecule has 0 bridgehead atoms. The van der Waals surface area contributed by atoms with Gasteiger partial charge < -0.3 is 10.8 Å². The van der Waals surface area contributed by atoms with E-state index in [9.17, 15) is 9.59 Å². The Morgan fingerprint density at radius 1 is 1.69 bits per heavy atom. The minimum Gasteiger partial charge on any atom is -0.477 e. The molecule has 0 aromatic carbocycles. The van der Waals surface area contributed by atoms with Crippen LogP contribution in [0.15, 0.2) is 11.4 Å². The number of β-lactam (4-membered cyclic amide) rings is 1. The molecular weight excluding hydrogens is 192 g/mol. The van der Waals surface area contributed by atoms with E-state index in [0.717, 1.165) is 0 Å². The second kappa shape index (κ2) is 2.66. The van der Waals surface area contributed by atoms with Crippen molar-refractivity contribution in [3.63, 3.8) is 0 Å². The summed E-state index contributed by atoms with van der Waals surface area (Å²) in [5.41, 5.74) is 5.76. The highest BCUT2D eigenvalue weighted by Gasteiger charge is 2.44. The fraction of sp³-hybridized carbons (Fsp3) is 0.429. The van der Waals surface area contributed by atoms with Gasteiger partial charge in [0.25, 0.3) is 0 Å². The van der Waals surface area contributed by atoms with Crippen molar-refractivity contribution in [1.29, 1.82) is 0 Å². The lowest BCUT2D eigenvalue weighted by molar-refractivity contribution is -0.146. The monoisotopic (exact) mass is 200 g/mol. The van der Waals surface area contributed by atoms with Crippen molar-refractivity contribution < 1.29 is 14.7 Å². The van der Waals surface area contributed by atoms with Crippen LogP contribution in [0.3, 0.4) is 0 Å². The highest BCUT2D eigenvalue weighted by Crippen LogP contribution is 2.38. The fourth-order valence-corrected chi connectivity index (χ4v) is 2.58. The minimum absolute atomic E-state index is 0.00843. The summed E-state index contributed by atoms with van der Waals surface area (Å²) in [7, 11) is 0. The number of carbonyl (C=O) groups excluding carboxylic acids is 1. The molecule has 0 radical (unpaired) electrons. The van der Waals surface area contributed by atoms with E-state index in [4.69, 9.17) is 10.8 Å². The van der Waals surface area contributed by atoms with Crippen LogP contribution in [-0.4, -0.2) is 33.0 Å². The Morgan fingerprint density at radius 3 is 2.85 bits per heavy atom. The molecule has 5 nitrogen and oxygen atoms in total. The summed E-state index contributed by atoms with van der Waals surface area (Å²) >= 11 is 1.50. The SMILES string of the molecule is NC1=C(C(=O)O)N2C(=O)C[C@H]2SC1. The van der Waals surface area contributed by atoms with Gasteiger partial charge in [0, 0.05) is 11.4 Å². The Hall–Kier alpha value is -1.17. The minimum atomic E-state index is -1.11. The van der Waals surface area contributed by atoms with Crippen LogP contribution < -0.4 is 5.73 Å². The van der Waals surface area contributed by atoms with Crippen LogP contribution in [0.5, 0.6) is 0 Å². The Balaban J connectivity index is 2.37. The first-order valence-electron chi connectivity index (χ1n) is 3.77. The standard InChI is InChI=1S/C7H8N2O3S/c8-3-2-13-5-1-4(10)9(5)6(3)7(11)12/h5H,1-2,8H2,(H,11,12)/t5-/m1/s1. The lowest BCUT2D eigenvalue weighted by Crippen LogP contribution is -2.54. The van der Waals surface area contributed by atoms with Crippen LogP contribution in [0.25, 0.3) is 0 Å².